The van der Waals surface area contributed by atoms with Gasteiger partial charge in [0.15, 0.2) is 5.11 Å². The number of fused-ring (bicyclic) bond motifs is 1. The number of thiocarbonyl (C=S) groups is 1. The minimum atomic E-state index is -0.101. The molecule has 162 valence electrons. The van der Waals surface area contributed by atoms with Crippen LogP contribution in [0.15, 0.2) is 53.3 Å². The highest BCUT2D eigenvalue weighted by Crippen LogP contribution is 2.24. The average molecular weight is 438 g/mol. The topological polar surface area (TPSA) is 66.6 Å². The van der Waals surface area contributed by atoms with E-state index < -0.39 is 0 Å². The van der Waals surface area contributed by atoms with Gasteiger partial charge in [0.05, 0.1) is 25.4 Å². The van der Waals surface area contributed by atoms with Crippen LogP contribution in [0.3, 0.4) is 0 Å². The van der Waals surface area contributed by atoms with Crippen molar-refractivity contribution in [2.75, 3.05) is 25.6 Å². The summed E-state index contributed by atoms with van der Waals surface area (Å²) in [4.78, 5) is 17.8. The third-order valence-corrected chi connectivity index (χ3v) is 5.88. The Morgan fingerprint density at radius 3 is 2.90 bits per heavy atom. The van der Waals surface area contributed by atoms with Gasteiger partial charge in [0.25, 0.3) is 5.56 Å². The second-order valence-corrected chi connectivity index (χ2v) is 8.25. The van der Waals surface area contributed by atoms with E-state index in [-0.39, 0.29) is 11.7 Å². The van der Waals surface area contributed by atoms with Gasteiger partial charge in [-0.3, -0.25) is 4.79 Å². The van der Waals surface area contributed by atoms with E-state index in [1.165, 1.54) is 0 Å². The maximum atomic E-state index is 12.8. The zero-order valence-corrected chi connectivity index (χ0v) is 18.6. The number of aromatic nitrogens is 1. The van der Waals surface area contributed by atoms with Crippen LogP contribution in [0.4, 0.5) is 5.69 Å². The molecule has 1 unspecified atom stereocenters. The number of ether oxygens (including phenoxy) is 2. The van der Waals surface area contributed by atoms with Crippen LogP contribution in [0.2, 0.25) is 0 Å². The van der Waals surface area contributed by atoms with Crippen molar-refractivity contribution in [2.45, 2.75) is 32.4 Å². The van der Waals surface area contributed by atoms with Crippen molar-refractivity contribution in [2.24, 2.45) is 0 Å². The second kappa shape index (κ2) is 9.49. The Bertz CT molecular complexity index is 1140. The van der Waals surface area contributed by atoms with E-state index in [1.807, 2.05) is 60.4 Å². The molecule has 1 aliphatic heterocycles. The monoisotopic (exact) mass is 437 g/mol. The van der Waals surface area contributed by atoms with Crippen LogP contribution in [0, 0.1) is 6.92 Å². The third-order valence-electron chi connectivity index (χ3n) is 5.52. The van der Waals surface area contributed by atoms with Crippen molar-refractivity contribution in [1.29, 1.82) is 0 Å². The van der Waals surface area contributed by atoms with Crippen LogP contribution < -0.4 is 15.6 Å². The predicted molar refractivity (Wildman–Crippen MR) is 128 cm³/mol. The summed E-state index contributed by atoms with van der Waals surface area (Å²) in [7, 11) is 1.63. The number of aryl methyl sites for hydroxylation is 1. The summed E-state index contributed by atoms with van der Waals surface area (Å²) in [6.07, 6.45) is 2.13. The summed E-state index contributed by atoms with van der Waals surface area (Å²) in [5.74, 6) is 0.709. The van der Waals surface area contributed by atoms with Crippen molar-refractivity contribution >= 4 is 33.9 Å². The summed E-state index contributed by atoms with van der Waals surface area (Å²) in [5.41, 5.74) is 3.30. The standard InChI is InChI=1S/C24H27N3O3S/c1-16-9-10-17-13-18(23(28)25-21(17)12-16)14-27(15-19-6-5-11-30-19)24(31)26-20-7-3-4-8-22(20)29-2/h3-4,7-10,12-13,19H,5-6,11,14-15H2,1-2H3,(H,25,28)(H,26,31). The van der Waals surface area contributed by atoms with Gasteiger partial charge < -0.3 is 24.7 Å². The van der Waals surface area contributed by atoms with E-state index in [0.717, 1.165) is 41.6 Å². The molecule has 0 bridgehead atoms. The van der Waals surface area contributed by atoms with Crippen molar-refractivity contribution in [3.63, 3.8) is 0 Å². The van der Waals surface area contributed by atoms with Gasteiger partial charge in [0.1, 0.15) is 5.75 Å². The molecule has 1 aliphatic rings. The Balaban J connectivity index is 1.61. The van der Waals surface area contributed by atoms with E-state index in [0.29, 0.717) is 29.5 Å². The largest absolute Gasteiger partial charge is 0.495 e. The molecular formula is C24H27N3O3S. The number of benzene rings is 2. The molecular weight excluding hydrogens is 410 g/mol. The number of H-pyrrole nitrogens is 1. The third kappa shape index (κ3) is 5.06. The predicted octanol–water partition coefficient (Wildman–Crippen LogP) is 4.22. The molecule has 7 heteroatoms. The molecule has 1 aromatic heterocycles. The van der Waals surface area contributed by atoms with Crippen molar-refractivity contribution in [3.05, 3.63) is 70.0 Å². The lowest BCUT2D eigenvalue weighted by Gasteiger charge is -2.28. The quantitative estimate of drug-likeness (QED) is 0.563. The Morgan fingerprint density at radius 1 is 1.29 bits per heavy atom. The first kappa shape index (κ1) is 21.3. The number of hydrogen-bond acceptors (Lipinski definition) is 4. The van der Waals surface area contributed by atoms with E-state index in [2.05, 4.69) is 10.3 Å². The highest BCUT2D eigenvalue weighted by Gasteiger charge is 2.22. The number of hydrogen-bond donors (Lipinski definition) is 2. The molecule has 1 saturated heterocycles. The SMILES string of the molecule is COc1ccccc1NC(=S)N(Cc1cc2ccc(C)cc2[nH]c1=O)CC1CCCO1. The minimum absolute atomic E-state index is 0.0969. The summed E-state index contributed by atoms with van der Waals surface area (Å²) >= 11 is 5.75. The van der Waals surface area contributed by atoms with Gasteiger partial charge in [-0.25, -0.2) is 0 Å². The van der Waals surface area contributed by atoms with Gasteiger partial charge in [0.2, 0.25) is 0 Å². The lowest BCUT2D eigenvalue weighted by molar-refractivity contribution is 0.0904. The van der Waals surface area contributed by atoms with Crippen LogP contribution in [-0.2, 0) is 11.3 Å². The van der Waals surface area contributed by atoms with Crippen molar-refractivity contribution in [3.8, 4) is 5.75 Å². The summed E-state index contributed by atoms with van der Waals surface area (Å²) < 4.78 is 11.3. The molecule has 3 aromatic rings. The van der Waals surface area contributed by atoms with Gasteiger partial charge in [-0.1, -0.05) is 24.3 Å². The van der Waals surface area contributed by atoms with Crippen LogP contribution in [-0.4, -0.2) is 41.4 Å². The molecule has 0 spiro atoms. The molecule has 0 aliphatic carbocycles. The fourth-order valence-corrected chi connectivity index (χ4v) is 4.13. The number of pyridine rings is 1. The Hall–Kier alpha value is -2.90. The smallest absolute Gasteiger partial charge is 0.253 e. The molecule has 1 fully saturated rings. The van der Waals surface area contributed by atoms with Gasteiger partial charge in [-0.05, 0) is 67.2 Å². The number of methoxy groups -OCH3 is 1. The minimum Gasteiger partial charge on any atom is -0.495 e. The Morgan fingerprint density at radius 2 is 2.13 bits per heavy atom. The number of para-hydroxylation sites is 2. The van der Waals surface area contributed by atoms with Gasteiger partial charge in [-0.15, -0.1) is 0 Å². The van der Waals surface area contributed by atoms with E-state index in [1.54, 1.807) is 7.11 Å². The first-order valence-electron chi connectivity index (χ1n) is 10.5. The van der Waals surface area contributed by atoms with E-state index in [9.17, 15) is 4.79 Å². The number of nitrogens with zero attached hydrogens (tertiary/aromatic N) is 1. The van der Waals surface area contributed by atoms with Crippen molar-refractivity contribution < 1.29 is 9.47 Å². The molecule has 4 rings (SSSR count). The lowest BCUT2D eigenvalue weighted by Crippen LogP contribution is -2.40. The average Bonchev–Trinajstić information content (AvgIpc) is 3.27. The molecule has 0 saturated carbocycles. The Kier molecular flexibility index (Phi) is 6.53. The van der Waals surface area contributed by atoms with Gasteiger partial charge >= 0.3 is 0 Å². The number of aromatic amines is 1. The van der Waals surface area contributed by atoms with Crippen LogP contribution in [0.25, 0.3) is 10.9 Å². The molecule has 2 N–H and O–H groups in total. The molecule has 0 amide bonds. The summed E-state index contributed by atoms with van der Waals surface area (Å²) in [6.45, 7) is 3.78. The first-order chi connectivity index (χ1) is 15.0. The zero-order valence-electron chi connectivity index (χ0n) is 17.8. The number of anilines is 1. The highest BCUT2D eigenvalue weighted by atomic mass is 32.1. The lowest BCUT2D eigenvalue weighted by atomic mass is 10.1. The van der Waals surface area contributed by atoms with Crippen LogP contribution in [0.1, 0.15) is 24.0 Å². The van der Waals surface area contributed by atoms with Gasteiger partial charge in [0, 0.05) is 24.2 Å². The fraction of sp³-hybridized carbons (Fsp3) is 0.333. The molecule has 2 aromatic carbocycles. The number of nitrogens with one attached hydrogen (secondary N) is 2. The van der Waals surface area contributed by atoms with Crippen molar-refractivity contribution in [1.82, 2.24) is 9.88 Å². The van der Waals surface area contributed by atoms with Crippen LogP contribution >= 0.6 is 12.2 Å². The summed E-state index contributed by atoms with van der Waals surface area (Å²) in [5, 5.41) is 4.82. The second-order valence-electron chi connectivity index (χ2n) is 7.86. The first-order valence-corrected chi connectivity index (χ1v) is 10.9. The normalized spacial score (nSPS) is 15.7. The maximum Gasteiger partial charge on any atom is 0.253 e. The zero-order chi connectivity index (χ0) is 21.8. The molecule has 1 atom stereocenters. The number of rotatable bonds is 6. The summed E-state index contributed by atoms with van der Waals surface area (Å²) in [6, 6.07) is 15.6. The molecule has 2 heterocycles. The fourth-order valence-electron chi connectivity index (χ4n) is 3.88. The maximum absolute atomic E-state index is 12.8. The molecule has 0 radical (unpaired) electrons. The van der Waals surface area contributed by atoms with Crippen LogP contribution in [0.5, 0.6) is 5.75 Å². The van der Waals surface area contributed by atoms with E-state index >= 15 is 0 Å². The van der Waals surface area contributed by atoms with Gasteiger partial charge in [-0.2, -0.15) is 0 Å². The highest BCUT2D eigenvalue weighted by molar-refractivity contribution is 7.80. The molecule has 6 nitrogen and oxygen atoms in total. The Labute approximate surface area is 187 Å². The molecule has 31 heavy (non-hydrogen) atoms. The van der Waals surface area contributed by atoms with E-state index in [4.69, 9.17) is 21.7 Å².